The zero-order chi connectivity index (χ0) is 9.35. The van der Waals surface area contributed by atoms with Gasteiger partial charge in [-0.3, -0.25) is 4.79 Å². The van der Waals surface area contributed by atoms with Gasteiger partial charge in [-0.05, 0) is 17.8 Å². The van der Waals surface area contributed by atoms with Crippen LogP contribution in [0.4, 0.5) is 0 Å². The van der Waals surface area contributed by atoms with Crippen molar-refractivity contribution in [2.75, 3.05) is 13.1 Å². The Bertz CT molecular complexity index is 188. The molecule has 1 heterocycles. The van der Waals surface area contributed by atoms with E-state index in [9.17, 15) is 4.79 Å². The highest BCUT2D eigenvalue weighted by molar-refractivity contribution is 5.73. The lowest BCUT2D eigenvalue weighted by molar-refractivity contribution is -0.128. The average Bonchev–Trinajstić information content (AvgIpc) is 2.33. The van der Waals surface area contributed by atoms with Crippen LogP contribution < -0.4 is 0 Å². The van der Waals surface area contributed by atoms with E-state index in [4.69, 9.17) is 0 Å². The largest absolute Gasteiger partial charge is 0.342 e. The van der Waals surface area contributed by atoms with Gasteiger partial charge in [-0.15, -0.1) is 0 Å². The quantitative estimate of drug-likeness (QED) is 0.587. The molecule has 1 amide bonds. The van der Waals surface area contributed by atoms with E-state index >= 15 is 0 Å². The maximum absolute atomic E-state index is 11.1. The van der Waals surface area contributed by atoms with Crippen LogP contribution in [0.25, 0.3) is 0 Å². The highest BCUT2D eigenvalue weighted by Gasteiger charge is 2.37. The first-order valence-electron chi connectivity index (χ1n) is 4.71. The number of carbonyl (C=O) groups excluding carboxylic acids is 1. The first-order chi connectivity index (χ1) is 5.46. The normalized spacial score (nSPS) is 29.9. The van der Waals surface area contributed by atoms with Crippen molar-refractivity contribution in [3.8, 4) is 0 Å². The molecule has 0 bridgehead atoms. The van der Waals surface area contributed by atoms with Crippen molar-refractivity contribution in [1.82, 2.24) is 4.90 Å². The fourth-order valence-corrected chi connectivity index (χ4v) is 1.72. The van der Waals surface area contributed by atoms with Crippen molar-refractivity contribution in [3.05, 3.63) is 0 Å². The SMILES string of the molecule is CC(=O)N1CC[C@](C)(C(C)C)C1. The molecule has 1 aliphatic heterocycles. The van der Waals surface area contributed by atoms with Crippen molar-refractivity contribution in [3.63, 3.8) is 0 Å². The molecule has 0 unspecified atom stereocenters. The Morgan fingerprint density at radius 2 is 2.08 bits per heavy atom. The van der Waals surface area contributed by atoms with Gasteiger partial charge in [-0.25, -0.2) is 0 Å². The second kappa shape index (κ2) is 3.08. The molecule has 0 aromatic heterocycles. The van der Waals surface area contributed by atoms with Crippen molar-refractivity contribution < 1.29 is 4.79 Å². The Labute approximate surface area is 74.9 Å². The lowest BCUT2D eigenvalue weighted by Crippen LogP contribution is -2.31. The van der Waals surface area contributed by atoms with Crippen LogP contribution >= 0.6 is 0 Å². The van der Waals surface area contributed by atoms with Gasteiger partial charge in [-0.1, -0.05) is 20.8 Å². The van der Waals surface area contributed by atoms with E-state index < -0.39 is 0 Å². The van der Waals surface area contributed by atoms with Gasteiger partial charge in [0, 0.05) is 20.0 Å². The number of hydrogen-bond acceptors (Lipinski definition) is 1. The molecule has 1 atom stereocenters. The molecule has 2 heteroatoms. The molecule has 0 N–H and O–H groups in total. The summed E-state index contributed by atoms with van der Waals surface area (Å²) in [6.07, 6.45) is 1.16. The van der Waals surface area contributed by atoms with Crippen LogP contribution in [0.15, 0.2) is 0 Å². The van der Waals surface area contributed by atoms with Gasteiger partial charge in [0.05, 0.1) is 0 Å². The first kappa shape index (κ1) is 9.56. The Balaban J connectivity index is 2.60. The molecule has 1 rings (SSSR count). The van der Waals surface area contributed by atoms with Crippen LogP contribution in [0.1, 0.15) is 34.1 Å². The van der Waals surface area contributed by atoms with Crippen molar-refractivity contribution in [1.29, 1.82) is 0 Å². The smallest absolute Gasteiger partial charge is 0.219 e. The number of carbonyl (C=O) groups is 1. The lowest BCUT2D eigenvalue weighted by atomic mass is 9.78. The van der Waals surface area contributed by atoms with Crippen LogP contribution in [0, 0.1) is 11.3 Å². The molecule has 0 aromatic carbocycles. The van der Waals surface area contributed by atoms with Gasteiger partial charge >= 0.3 is 0 Å². The molecule has 0 aliphatic carbocycles. The van der Waals surface area contributed by atoms with Crippen LogP contribution in [0.5, 0.6) is 0 Å². The zero-order valence-corrected chi connectivity index (χ0v) is 8.55. The first-order valence-corrected chi connectivity index (χ1v) is 4.71. The minimum Gasteiger partial charge on any atom is -0.342 e. The zero-order valence-electron chi connectivity index (χ0n) is 8.55. The summed E-state index contributed by atoms with van der Waals surface area (Å²) in [6, 6.07) is 0. The van der Waals surface area contributed by atoms with Crippen molar-refractivity contribution in [2.24, 2.45) is 11.3 Å². The minimum atomic E-state index is 0.222. The van der Waals surface area contributed by atoms with E-state index in [0.29, 0.717) is 11.3 Å². The number of rotatable bonds is 1. The average molecular weight is 169 g/mol. The molecule has 0 spiro atoms. The van der Waals surface area contributed by atoms with E-state index in [1.165, 1.54) is 0 Å². The summed E-state index contributed by atoms with van der Waals surface area (Å²) in [5.41, 5.74) is 0.353. The van der Waals surface area contributed by atoms with E-state index in [-0.39, 0.29) is 5.91 Å². The van der Waals surface area contributed by atoms with E-state index in [1.807, 2.05) is 4.90 Å². The number of hydrogen-bond donors (Lipinski definition) is 0. The molecule has 2 nitrogen and oxygen atoms in total. The summed E-state index contributed by atoms with van der Waals surface area (Å²) < 4.78 is 0. The monoisotopic (exact) mass is 169 g/mol. The van der Waals surface area contributed by atoms with Gasteiger partial charge in [-0.2, -0.15) is 0 Å². The molecule has 70 valence electrons. The second-order valence-corrected chi connectivity index (χ2v) is 4.50. The number of amides is 1. The molecule has 0 radical (unpaired) electrons. The van der Waals surface area contributed by atoms with E-state index in [1.54, 1.807) is 6.92 Å². The molecular formula is C10H19NO. The summed E-state index contributed by atoms with van der Waals surface area (Å²) in [5.74, 6) is 0.890. The highest BCUT2D eigenvalue weighted by atomic mass is 16.2. The van der Waals surface area contributed by atoms with Gasteiger partial charge in [0.25, 0.3) is 0 Å². The maximum Gasteiger partial charge on any atom is 0.219 e. The summed E-state index contributed by atoms with van der Waals surface area (Å²) in [7, 11) is 0. The van der Waals surface area contributed by atoms with Crippen LogP contribution in [0.2, 0.25) is 0 Å². The van der Waals surface area contributed by atoms with Gasteiger partial charge < -0.3 is 4.90 Å². The van der Waals surface area contributed by atoms with Crippen LogP contribution in [-0.4, -0.2) is 23.9 Å². The Hall–Kier alpha value is -0.530. The third kappa shape index (κ3) is 1.62. The Morgan fingerprint density at radius 3 is 2.33 bits per heavy atom. The second-order valence-electron chi connectivity index (χ2n) is 4.50. The predicted octanol–water partition coefficient (Wildman–Crippen LogP) is 1.90. The number of nitrogens with zero attached hydrogens (tertiary/aromatic N) is 1. The molecule has 12 heavy (non-hydrogen) atoms. The molecule has 0 saturated carbocycles. The van der Waals surface area contributed by atoms with Crippen molar-refractivity contribution in [2.45, 2.75) is 34.1 Å². The fourth-order valence-electron chi connectivity index (χ4n) is 1.72. The summed E-state index contributed by atoms with van der Waals surface area (Å²) in [6.45, 7) is 10.3. The van der Waals surface area contributed by atoms with Crippen molar-refractivity contribution >= 4 is 5.91 Å². The van der Waals surface area contributed by atoms with Gasteiger partial charge in [0.2, 0.25) is 5.91 Å². The van der Waals surface area contributed by atoms with E-state index in [2.05, 4.69) is 20.8 Å². The molecule has 1 fully saturated rings. The topological polar surface area (TPSA) is 20.3 Å². The Kier molecular flexibility index (Phi) is 2.45. The lowest BCUT2D eigenvalue weighted by Gasteiger charge is -2.28. The summed E-state index contributed by atoms with van der Waals surface area (Å²) >= 11 is 0. The molecule has 0 aromatic rings. The third-order valence-electron chi connectivity index (χ3n) is 3.34. The number of likely N-dealkylation sites (tertiary alicyclic amines) is 1. The standard InChI is InChI=1S/C10H19NO/c1-8(2)10(4)5-6-11(7-10)9(3)12/h8H,5-7H2,1-4H3/t10-/m0/s1. The van der Waals surface area contributed by atoms with Gasteiger partial charge in [0.1, 0.15) is 0 Å². The predicted molar refractivity (Wildman–Crippen MR) is 49.8 cm³/mol. The van der Waals surface area contributed by atoms with E-state index in [0.717, 1.165) is 19.5 Å². The van der Waals surface area contributed by atoms with Crippen LogP contribution in [0.3, 0.4) is 0 Å². The van der Waals surface area contributed by atoms with Crippen LogP contribution in [-0.2, 0) is 4.79 Å². The third-order valence-corrected chi connectivity index (χ3v) is 3.34. The molecule has 1 aliphatic rings. The fraction of sp³-hybridized carbons (Fsp3) is 0.900. The maximum atomic E-state index is 11.1. The summed E-state index contributed by atoms with van der Waals surface area (Å²) in [5, 5.41) is 0. The molecular weight excluding hydrogens is 150 g/mol. The Morgan fingerprint density at radius 1 is 1.50 bits per heavy atom. The minimum absolute atomic E-state index is 0.222. The molecule has 1 saturated heterocycles. The van der Waals surface area contributed by atoms with Gasteiger partial charge in [0.15, 0.2) is 0 Å². The highest BCUT2D eigenvalue weighted by Crippen LogP contribution is 2.36. The summed E-state index contributed by atoms with van der Waals surface area (Å²) in [4.78, 5) is 13.0.